The van der Waals surface area contributed by atoms with Crippen molar-refractivity contribution in [2.75, 3.05) is 40.9 Å². The Kier molecular flexibility index (Phi) is 7.70. The van der Waals surface area contributed by atoms with Crippen LogP contribution in [-0.4, -0.2) is 67.5 Å². The van der Waals surface area contributed by atoms with E-state index in [4.69, 9.17) is 13.9 Å². The third kappa shape index (κ3) is 4.99. The molecule has 0 fully saturated rings. The second-order valence-electron chi connectivity index (χ2n) is 8.85. The zero-order chi connectivity index (χ0) is 26.0. The molecule has 8 nitrogen and oxygen atoms in total. The van der Waals surface area contributed by atoms with Crippen LogP contribution in [0, 0.1) is 0 Å². The topological polar surface area (TPSA) is 92.5 Å². The lowest BCUT2D eigenvalue weighted by molar-refractivity contribution is -0.129. The maximum atomic E-state index is 13.7. The number of aliphatic hydroxyl groups excluding tert-OH is 1. The average molecular weight is 557 g/mol. The largest absolute Gasteiger partial charge is 0.503 e. The van der Waals surface area contributed by atoms with Gasteiger partial charge in [0.05, 0.1) is 25.3 Å². The molecule has 0 radical (unpaired) electrons. The van der Waals surface area contributed by atoms with E-state index in [9.17, 15) is 14.7 Å². The van der Waals surface area contributed by atoms with Gasteiger partial charge >= 0.3 is 0 Å². The number of carbonyl (C=O) groups is 2. The van der Waals surface area contributed by atoms with Crippen LogP contribution in [0.4, 0.5) is 0 Å². The smallest absolute Gasteiger partial charge is 0.290 e. The van der Waals surface area contributed by atoms with E-state index in [1.807, 2.05) is 38.1 Å². The number of methoxy groups -OCH3 is 1. The number of halogens is 1. The number of carbonyl (C=O) groups excluding carboxylic acids is 2. The second-order valence-corrected chi connectivity index (χ2v) is 9.76. The molecule has 9 heteroatoms. The first kappa shape index (κ1) is 25.8. The predicted molar refractivity (Wildman–Crippen MR) is 140 cm³/mol. The summed E-state index contributed by atoms with van der Waals surface area (Å²) in [5, 5.41) is 11.7. The summed E-state index contributed by atoms with van der Waals surface area (Å²) in [6, 6.07) is 11.5. The van der Waals surface area contributed by atoms with Crippen LogP contribution in [0.1, 0.15) is 35.5 Å². The Morgan fingerprint density at radius 1 is 1.17 bits per heavy atom. The number of rotatable bonds is 10. The van der Waals surface area contributed by atoms with E-state index in [2.05, 4.69) is 15.9 Å². The zero-order valence-corrected chi connectivity index (χ0v) is 22.3. The summed E-state index contributed by atoms with van der Waals surface area (Å²) in [7, 11) is 5.34. The Bertz CT molecular complexity index is 1330. The van der Waals surface area contributed by atoms with Gasteiger partial charge in [-0.25, -0.2) is 0 Å². The molecule has 1 unspecified atom stereocenters. The fourth-order valence-corrected chi connectivity index (χ4v) is 4.60. The van der Waals surface area contributed by atoms with Crippen molar-refractivity contribution in [3.63, 3.8) is 0 Å². The first-order valence-electron chi connectivity index (χ1n) is 11.7. The molecule has 0 saturated heterocycles. The molecule has 1 atom stereocenters. The van der Waals surface area contributed by atoms with Gasteiger partial charge in [0, 0.05) is 22.9 Å². The number of hydrogen-bond donors (Lipinski definition) is 1. The third-order valence-corrected chi connectivity index (χ3v) is 6.50. The van der Waals surface area contributed by atoms with E-state index in [0.29, 0.717) is 42.3 Å². The van der Waals surface area contributed by atoms with Crippen LogP contribution < -0.4 is 9.47 Å². The van der Waals surface area contributed by atoms with Crippen LogP contribution in [0.15, 0.2) is 62.7 Å². The molecule has 0 aliphatic carbocycles. The lowest BCUT2D eigenvalue weighted by Crippen LogP contribution is -2.36. The number of amides is 1. The first-order chi connectivity index (χ1) is 17.2. The van der Waals surface area contributed by atoms with Gasteiger partial charge in [0.2, 0.25) is 5.78 Å². The van der Waals surface area contributed by atoms with Crippen LogP contribution in [0.5, 0.6) is 11.5 Å². The number of Topliss-reactive ketones (excluding diaryl/α,β-unsaturated/α-hetero) is 1. The van der Waals surface area contributed by atoms with Gasteiger partial charge in [-0.2, -0.15) is 0 Å². The van der Waals surface area contributed by atoms with Crippen molar-refractivity contribution in [3.05, 3.63) is 69.6 Å². The minimum Gasteiger partial charge on any atom is -0.503 e. The second kappa shape index (κ2) is 10.8. The molecular formula is C27H29BrN2O6. The number of furan rings is 1. The monoisotopic (exact) mass is 556 g/mol. The van der Waals surface area contributed by atoms with E-state index in [0.717, 1.165) is 16.3 Å². The number of hydrogen-bond acceptors (Lipinski definition) is 7. The standard InChI is InChI=1S/C27H29BrN2O6/c1-5-12-35-21-14-16(6-8-20(21)34-4)24-23(26(32)27(33)30(24)11-10-29(2)3)25(31)22-15-17-13-18(28)7-9-19(17)36-22/h6-9,13-15,24,32H,5,10-12H2,1-4H3. The van der Waals surface area contributed by atoms with E-state index in [1.165, 1.54) is 4.90 Å². The summed E-state index contributed by atoms with van der Waals surface area (Å²) in [6.45, 7) is 3.33. The van der Waals surface area contributed by atoms with Gasteiger partial charge in [0.15, 0.2) is 23.0 Å². The first-order valence-corrected chi connectivity index (χ1v) is 12.5. The molecule has 1 aliphatic rings. The molecule has 4 rings (SSSR count). The van der Waals surface area contributed by atoms with Crippen molar-refractivity contribution in [1.82, 2.24) is 9.80 Å². The van der Waals surface area contributed by atoms with Crippen molar-refractivity contribution in [2.45, 2.75) is 19.4 Å². The Morgan fingerprint density at radius 3 is 2.64 bits per heavy atom. The van der Waals surface area contributed by atoms with Crippen LogP contribution >= 0.6 is 15.9 Å². The Morgan fingerprint density at radius 2 is 1.94 bits per heavy atom. The summed E-state index contributed by atoms with van der Waals surface area (Å²) in [6.07, 6.45) is 0.802. The number of ether oxygens (including phenoxy) is 2. The highest BCUT2D eigenvalue weighted by Crippen LogP contribution is 2.42. The highest BCUT2D eigenvalue weighted by molar-refractivity contribution is 9.10. The molecule has 0 spiro atoms. The summed E-state index contributed by atoms with van der Waals surface area (Å²) in [5.74, 6) is -0.623. The molecule has 1 amide bonds. The quantitative estimate of drug-likeness (QED) is 0.346. The minimum absolute atomic E-state index is 0.0245. The Labute approximate surface area is 218 Å². The van der Waals surface area contributed by atoms with Crippen molar-refractivity contribution < 1.29 is 28.6 Å². The molecule has 2 heterocycles. The van der Waals surface area contributed by atoms with Crippen LogP contribution in [0.25, 0.3) is 11.0 Å². The summed E-state index contributed by atoms with van der Waals surface area (Å²) in [4.78, 5) is 30.4. The van der Waals surface area contributed by atoms with Gasteiger partial charge in [-0.05, 0) is 62.5 Å². The third-order valence-electron chi connectivity index (χ3n) is 6.00. The van der Waals surface area contributed by atoms with Crippen molar-refractivity contribution in [3.8, 4) is 11.5 Å². The molecule has 1 N–H and O–H groups in total. The number of nitrogens with zero attached hydrogens (tertiary/aromatic N) is 2. The molecule has 2 aromatic carbocycles. The van der Waals surface area contributed by atoms with Crippen molar-refractivity contribution >= 4 is 38.6 Å². The number of fused-ring (bicyclic) bond motifs is 1. The normalized spacial score (nSPS) is 15.9. The van der Waals surface area contributed by atoms with E-state index >= 15 is 0 Å². The van der Waals surface area contributed by atoms with Gasteiger partial charge in [0.25, 0.3) is 5.91 Å². The van der Waals surface area contributed by atoms with Crippen LogP contribution in [0.2, 0.25) is 0 Å². The zero-order valence-electron chi connectivity index (χ0n) is 20.7. The van der Waals surface area contributed by atoms with Gasteiger partial charge < -0.3 is 28.8 Å². The molecule has 0 saturated carbocycles. The lowest BCUT2D eigenvalue weighted by atomic mass is 9.94. The average Bonchev–Trinajstić information content (AvgIpc) is 3.39. The lowest BCUT2D eigenvalue weighted by Gasteiger charge is -2.28. The van der Waals surface area contributed by atoms with Gasteiger partial charge in [-0.3, -0.25) is 9.59 Å². The number of aliphatic hydroxyl groups is 1. The fraction of sp³-hybridized carbons (Fsp3) is 0.333. The number of likely N-dealkylation sites (N-methyl/N-ethyl adjacent to an activating group) is 1. The molecule has 1 aromatic heterocycles. The SMILES string of the molecule is CCCOc1cc(C2C(C(=O)c3cc4cc(Br)ccc4o3)=C(O)C(=O)N2CCN(C)C)ccc1OC. The fourth-order valence-electron chi connectivity index (χ4n) is 4.22. The summed E-state index contributed by atoms with van der Waals surface area (Å²) < 4.78 is 18.0. The maximum absolute atomic E-state index is 13.7. The molecule has 1 aliphatic heterocycles. The molecular weight excluding hydrogens is 528 g/mol. The Hall–Kier alpha value is -3.30. The maximum Gasteiger partial charge on any atom is 0.290 e. The molecule has 190 valence electrons. The summed E-state index contributed by atoms with van der Waals surface area (Å²) in [5.41, 5.74) is 1.13. The van der Waals surface area contributed by atoms with Crippen molar-refractivity contribution in [1.29, 1.82) is 0 Å². The van der Waals surface area contributed by atoms with Crippen LogP contribution in [-0.2, 0) is 4.79 Å². The Balaban J connectivity index is 1.80. The predicted octanol–water partition coefficient (Wildman–Crippen LogP) is 5.13. The minimum atomic E-state index is -0.820. The van der Waals surface area contributed by atoms with Gasteiger partial charge in [-0.1, -0.05) is 28.9 Å². The van der Waals surface area contributed by atoms with E-state index < -0.39 is 23.5 Å². The summed E-state index contributed by atoms with van der Waals surface area (Å²) >= 11 is 3.42. The van der Waals surface area contributed by atoms with E-state index in [-0.39, 0.29) is 11.3 Å². The number of benzene rings is 2. The van der Waals surface area contributed by atoms with Crippen LogP contribution in [0.3, 0.4) is 0 Å². The molecule has 3 aromatic rings. The van der Waals surface area contributed by atoms with E-state index in [1.54, 1.807) is 37.4 Å². The molecule has 0 bridgehead atoms. The van der Waals surface area contributed by atoms with Crippen molar-refractivity contribution in [2.24, 2.45) is 0 Å². The molecule has 36 heavy (non-hydrogen) atoms. The number of ketones is 1. The highest BCUT2D eigenvalue weighted by Gasteiger charge is 2.44. The highest BCUT2D eigenvalue weighted by atomic mass is 79.9. The van der Waals surface area contributed by atoms with Gasteiger partial charge in [0.1, 0.15) is 5.58 Å². The van der Waals surface area contributed by atoms with Gasteiger partial charge in [-0.15, -0.1) is 0 Å².